The minimum Gasteiger partial charge on any atom is -0.496 e. The molecule has 1 unspecified atom stereocenters. The number of methoxy groups -OCH3 is 1. The molecule has 0 amide bonds. The molecule has 1 aliphatic rings. The van der Waals surface area contributed by atoms with Gasteiger partial charge >= 0.3 is 0 Å². The molecule has 21 heavy (non-hydrogen) atoms. The third kappa shape index (κ3) is 4.21. The molecule has 2 rings (SSSR count). The monoisotopic (exact) mass is 290 g/mol. The average Bonchev–Trinajstić information content (AvgIpc) is 2.47. The molecular weight excluding hydrogens is 260 g/mol. The molecule has 1 atom stereocenters. The number of hydrogen-bond acceptors (Lipinski definition) is 3. The minimum atomic E-state index is 0.329. The lowest BCUT2D eigenvalue weighted by Gasteiger charge is -2.36. The molecule has 118 valence electrons. The summed E-state index contributed by atoms with van der Waals surface area (Å²) in [7, 11) is 1.75. The molecule has 0 spiro atoms. The summed E-state index contributed by atoms with van der Waals surface area (Å²) in [5.74, 6) is 0.986. The van der Waals surface area contributed by atoms with Crippen molar-refractivity contribution in [3.8, 4) is 5.75 Å². The SMILES string of the molecule is COc1ccc(C)cc1C(C)NC1CCN(C(C)C)CC1. The van der Waals surface area contributed by atoms with Crippen molar-refractivity contribution in [2.24, 2.45) is 0 Å². The van der Waals surface area contributed by atoms with Crippen molar-refractivity contribution in [1.29, 1.82) is 0 Å². The first-order valence-corrected chi connectivity index (χ1v) is 8.16. The van der Waals surface area contributed by atoms with E-state index in [0.29, 0.717) is 18.1 Å². The van der Waals surface area contributed by atoms with Crippen LogP contribution in [0.25, 0.3) is 0 Å². The van der Waals surface area contributed by atoms with Crippen molar-refractivity contribution in [3.05, 3.63) is 29.3 Å². The number of piperidine rings is 1. The summed E-state index contributed by atoms with van der Waals surface area (Å²) < 4.78 is 5.51. The minimum absolute atomic E-state index is 0.329. The summed E-state index contributed by atoms with van der Waals surface area (Å²) in [5, 5.41) is 3.79. The van der Waals surface area contributed by atoms with E-state index in [1.165, 1.54) is 37.1 Å². The van der Waals surface area contributed by atoms with Gasteiger partial charge < -0.3 is 15.0 Å². The van der Waals surface area contributed by atoms with Crippen LogP contribution in [0.1, 0.15) is 50.8 Å². The lowest BCUT2D eigenvalue weighted by molar-refractivity contribution is 0.157. The maximum atomic E-state index is 5.51. The fraction of sp³-hybridized carbons (Fsp3) is 0.667. The van der Waals surface area contributed by atoms with Gasteiger partial charge in [0.05, 0.1) is 7.11 Å². The number of rotatable bonds is 5. The molecule has 0 bridgehead atoms. The van der Waals surface area contributed by atoms with Crippen molar-refractivity contribution in [2.45, 2.75) is 58.7 Å². The summed E-state index contributed by atoms with van der Waals surface area (Å²) in [6, 6.07) is 8.02. The Morgan fingerprint density at radius 3 is 2.43 bits per heavy atom. The van der Waals surface area contributed by atoms with Crippen LogP contribution in [0.15, 0.2) is 18.2 Å². The molecule has 3 nitrogen and oxygen atoms in total. The maximum absolute atomic E-state index is 5.51. The van der Waals surface area contributed by atoms with Crippen LogP contribution < -0.4 is 10.1 Å². The summed E-state index contributed by atoms with van der Waals surface area (Å²) in [6.07, 6.45) is 2.47. The van der Waals surface area contributed by atoms with Crippen LogP contribution in [-0.2, 0) is 0 Å². The largest absolute Gasteiger partial charge is 0.496 e. The quantitative estimate of drug-likeness (QED) is 0.898. The second kappa shape index (κ2) is 7.28. The van der Waals surface area contributed by atoms with Gasteiger partial charge in [0.1, 0.15) is 5.75 Å². The van der Waals surface area contributed by atoms with Gasteiger partial charge in [-0.15, -0.1) is 0 Å². The molecule has 0 saturated carbocycles. The van der Waals surface area contributed by atoms with E-state index >= 15 is 0 Å². The van der Waals surface area contributed by atoms with Gasteiger partial charge in [0.2, 0.25) is 0 Å². The molecule has 0 radical (unpaired) electrons. The highest BCUT2D eigenvalue weighted by Crippen LogP contribution is 2.27. The maximum Gasteiger partial charge on any atom is 0.123 e. The first-order valence-electron chi connectivity index (χ1n) is 8.16. The van der Waals surface area contributed by atoms with Gasteiger partial charge in [0.15, 0.2) is 0 Å². The lowest BCUT2D eigenvalue weighted by Crippen LogP contribution is -2.45. The highest BCUT2D eigenvalue weighted by atomic mass is 16.5. The summed E-state index contributed by atoms with van der Waals surface area (Å²) >= 11 is 0. The van der Waals surface area contributed by atoms with Gasteiger partial charge in [-0.05, 0) is 59.7 Å². The summed E-state index contributed by atoms with van der Waals surface area (Å²) in [6.45, 7) is 11.4. The van der Waals surface area contributed by atoms with Gasteiger partial charge in [-0.3, -0.25) is 0 Å². The molecule has 0 aromatic heterocycles. The number of hydrogen-bond donors (Lipinski definition) is 1. The molecule has 0 aliphatic carbocycles. The van der Waals surface area contributed by atoms with Crippen molar-refractivity contribution < 1.29 is 4.74 Å². The Hall–Kier alpha value is -1.06. The van der Waals surface area contributed by atoms with Crippen LogP contribution in [-0.4, -0.2) is 37.2 Å². The van der Waals surface area contributed by atoms with E-state index in [1.807, 2.05) is 0 Å². The van der Waals surface area contributed by atoms with Crippen LogP contribution >= 0.6 is 0 Å². The predicted molar refractivity (Wildman–Crippen MR) is 89.0 cm³/mol. The predicted octanol–water partition coefficient (Wildman–Crippen LogP) is 3.53. The molecule has 1 N–H and O–H groups in total. The normalized spacial score (nSPS) is 19.0. The summed E-state index contributed by atoms with van der Waals surface area (Å²) in [5.41, 5.74) is 2.55. The van der Waals surface area contributed by atoms with Crippen LogP contribution in [0.2, 0.25) is 0 Å². The van der Waals surface area contributed by atoms with E-state index in [9.17, 15) is 0 Å². The molecule has 1 aromatic rings. The Labute approximate surface area is 129 Å². The first kappa shape index (κ1) is 16.3. The van der Waals surface area contributed by atoms with Crippen molar-refractivity contribution >= 4 is 0 Å². The van der Waals surface area contributed by atoms with E-state index < -0.39 is 0 Å². The van der Waals surface area contributed by atoms with Crippen LogP contribution in [0.4, 0.5) is 0 Å². The van der Waals surface area contributed by atoms with E-state index in [4.69, 9.17) is 4.74 Å². The van der Waals surface area contributed by atoms with Gasteiger partial charge in [-0.25, -0.2) is 0 Å². The second-order valence-electron chi connectivity index (χ2n) is 6.54. The van der Waals surface area contributed by atoms with Crippen LogP contribution in [0.3, 0.4) is 0 Å². The second-order valence-corrected chi connectivity index (χ2v) is 6.54. The Morgan fingerprint density at radius 1 is 1.19 bits per heavy atom. The summed E-state index contributed by atoms with van der Waals surface area (Å²) in [4.78, 5) is 2.57. The zero-order chi connectivity index (χ0) is 15.4. The molecule has 3 heteroatoms. The molecule has 1 fully saturated rings. The van der Waals surface area contributed by atoms with Crippen LogP contribution in [0.5, 0.6) is 5.75 Å². The van der Waals surface area contributed by atoms with Crippen molar-refractivity contribution in [2.75, 3.05) is 20.2 Å². The molecule has 1 heterocycles. The van der Waals surface area contributed by atoms with Crippen molar-refractivity contribution in [3.63, 3.8) is 0 Å². The Bertz CT molecular complexity index is 451. The fourth-order valence-corrected chi connectivity index (χ4v) is 3.22. The van der Waals surface area contributed by atoms with Gasteiger partial charge in [-0.2, -0.15) is 0 Å². The van der Waals surface area contributed by atoms with Gasteiger partial charge in [0.25, 0.3) is 0 Å². The van der Waals surface area contributed by atoms with Gasteiger partial charge in [-0.1, -0.05) is 17.7 Å². The number of nitrogens with one attached hydrogen (secondary N) is 1. The number of likely N-dealkylation sites (tertiary alicyclic amines) is 1. The number of benzene rings is 1. The zero-order valence-electron chi connectivity index (χ0n) is 14.1. The Morgan fingerprint density at radius 2 is 1.86 bits per heavy atom. The van der Waals surface area contributed by atoms with E-state index in [-0.39, 0.29) is 0 Å². The van der Waals surface area contributed by atoms with Crippen molar-refractivity contribution in [1.82, 2.24) is 10.2 Å². The highest BCUT2D eigenvalue weighted by molar-refractivity contribution is 5.38. The first-order chi connectivity index (χ1) is 10.0. The lowest BCUT2D eigenvalue weighted by atomic mass is 9.99. The van der Waals surface area contributed by atoms with E-state index in [0.717, 1.165) is 5.75 Å². The molecular formula is C18H30N2O. The van der Waals surface area contributed by atoms with Gasteiger partial charge in [0, 0.05) is 23.7 Å². The van der Waals surface area contributed by atoms with E-state index in [2.05, 4.69) is 56.1 Å². The average molecular weight is 290 g/mol. The standard InChI is InChI=1S/C18H30N2O/c1-13(2)20-10-8-16(9-11-20)19-15(4)17-12-14(3)6-7-18(17)21-5/h6-7,12-13,15-16,19H,8-11H2,1-5H3. The third-order valence-corrected chi connectivity index (χ3v) is 4.60. The number of ether oxygens (including phenoxy) is 1. The highest BCUT2D eigenvalue weighted by Gasteiger charge is 2.23. The fourth-order valence-electron chi connectivity index (χ4n) is 3.22. The Kier molecular flexibility index (Phi) is 5.65. The third-order valence-electron chi connectivity index (χ3n) is 4.60. The molecule has 1 saturated heterocycles. The smallest absolute Gasteiger partial charge is 0.123 e. The number of nitrogens with zero attached hydrogens (tertiary/aromatic N) is 1. The van der Waals surface area contributed by atoms with Crippen LogP contribution in [0, 0.1) is 6.92 Å². The Balaban J connectivity index is 1.96. The van der Waals surface area contributed by atoms with E-state index in [1.54, 1.807) is 7.11 Å². The zero-order valence-corrected chi connectivity index (χ0v) is 14.1. The molecule has 1 aromatic carbocycles. The molecule has 1 aliphatic heterocycles. The number of aryl methyl sites for hydroxylation is 1. The topological polar surface area (TPSA) is 24.5 Å².